The lowest BCUT2D eigenvalue weighted by Gasteiger charge is -2.13. The molecule has 0 saturated carbocycles. The summed E-state index contributed by atoms with van der Waals surface area (Å²) in [7, 11) is -2.82. The first kappa shape index (κ1) is 29.9. The molecular weight excluding hydrogens is 596 g/mol. The molecule has 0 spiro atoms. The molecule has 0 aliphatic carbocycles. The number of halogens is 2. The Hall–Kier alpha value is -5.57. The van der Waals surface area contributed by atoms with Gasteiger partial charge in [0.1, 0.15) is 17.4 Å². The number of nitrogens with one attached hydrogen (secondary N) is 4. The molecule has 0 bridgehead atoms. The van der Waals surface area contributed by atoms with Crippen molar-refractivity contribution in [3.05, 3.63) is 95.1 Å². The number of methoxy groups -OCH3 is 1. The van der Waals surface area contributed by atoms with Crippen LogP contribution < -0.4 is 25.2 Å². The second-order valence-electron chi connectivity index (χ2n) is 9.50. The molecule has 3 heterocycles. The van der Waals surface area contributed by atoms with Crippen molar-refractivity contribution < 1.29 is 31.5 Å². The molecule has 6 N–H and O–H groups in total. The minimum Gasteiger partial charge on any atom is -0.495 e. The first-order valence-electron chi connectivity index (χ1n) is 12.8. The molecule has 0 atom stereocenters. The van der Waals surface area contributed by atoms with Crippen molar-refractivity contribution in [2.45, 2.75) is 18.4 Å². The smallest absolute Gasteiger partial charge is 0.277 e. The Morgan fingerprint density at radius 2 is 1.91 bits per heavy atom. The topological polar surface area (TPSA) is 185 Å². The SMILES string of the molecule is COc1c[nH]c(S(=O)(=O)Nc2cc3c(cc2F)CC(C(=O)/C(C=N)=C(\N)Nc2cnc(Oc4ccccc4F)cc2C)=N3)c1. The summed E-state index contributed by atoms with van der Waals surface area (Å²) >= 11 is 0. The maximum atomic E-state index is 14.9. The van der Waals surface area contributed by atoms with E-state index in [1.165, 1.54) is 49.8 Å². The number of Topliss-reactive ketones (excluding diaryl/α,β-unsaturated/α-hetero) is 1. The molecule has 12 nitrogen and oxygen atoms in total. The third-order valence-electron chi connectivity index (χ3n) is 6.53. The standard InChI is InChI=1S/C29H25F2N7O5S/c1-15-7-26(43-25-6-4-3-5-19(25)30)34-14-24(15)37-29(33)18(12-32)28(39)23-9-16-8-20(31)22(11-21(16)36-23)38-44(40,41)27-10-17(42-2)13-35-27/h3-8,10-14,32,35,37-38H,9,33H2,1-2H3/b29-18+,32-12?. The Morgan fingerprint density at radius 3 is 2.59 bits per heavy atom. The number of para-hydroxylation sites is 1. The van der Waals surface area contributed by atoms with Gasteiger partial charge in [0.2, 0.25) is 11.7 Å². The number of rotatable bonds is 11. The van der Waals surface area contributed by atoms with E-state index in [0.717, 1.165) is 12.3 Å². The van der Waals surface area contributed by atoms with Crippen molar-refractivity contribution in [3.63, 3.8) is 0 Å². The molecule has 44 heavy (non-hydrogen) atoms. The molecule has 0 fully saturated rings. The molecule has 2 aromatic carbocycles. The lowest BCUT2D eigenvalue weighted by Crippen LogP contribution is -2.24. The molecular formula is C29H25F2N7O5S. The molecule has 2 aromatic heterocycles. The molecule has 1 aliphatic rings. The Balaban J connectivity index is 1.33. The largest absolute Gasteiger partial charge is 0.495 e. The number of carbonyl (C=O) groups is 1. The zero-order valence-corrected chi connectivity index (χ0v) is 24.1. The first-order valence-corrected chi connectivity index (χ1v) is 14.3. The second kappa shape index (κ2) is 12.0. The number of aryl methyl sites for hydroxylation is 1. The van der Waals surface area contributed by atoms with Gasteiger partial charge in [-0.3, -0.25) is 9.52 Å². The summed E-state index contributed by atoms with van der Waals surface area (Å²) in [6.45, 7) is 1.71. The van der Waals surface area contributed by atoms with E-state index in [9.17, 15) is 22.0 Å². The highest BCUT2D eigenvalue weighted by Crippen LogP contribution is 2.34. The van der Waals surface area contributed by atoms with Gasteiger partial charge in [0.25, 0.3) is 10.0 Å². The number of aromatic nitrogens is 2. The highest BCUT2D eigenvalue weighted by Gasteiger charge is 2.27. The van der Waals surface area contributed by atoms with Gasteiger partial charge in [0.05, 0.1) is 41.7 Å². The van der Waals surface area contributed by atoms with Gasteiger partial charge in [-0.2, -0.15) is 8.42 Å². The van der Waals surface area contributed by atoms with E-state index < -0.39 is 27.4 Å². The number of anilines is 2. The van der Waals surface area contributed by atoms with Crippen LogP contribution in [0.2, 0.25) is 0 Å². The van der Waals surface area contributed by atoms with Gasteiger partial charge in [0, 0.05) is 31.0 Å². The van der Waals surface area contributed by atoms with Crippen LogP contribution in [0.1, 0.15) is 11.1 Å². The van der Waals surface area contributed by atoms with E-state index in [0.29, 0.717) is 16.8 Å². The van der Waals surface area contributed by atoms with Gasteiger partial charge >= 0.3 is 0 Å². The molecule has 0 amide bonds. The van der Waals surface area contributed by atoms with Crippen molar-refractivity contribution in [1.82, 2.24) is 9.97 Å². The predicted octanol–water partition coefficient (Wildman–Crippen LogP) is 4.73. The molecule has 4 aromatic rings. The fraction of sp³-hybridized carbons (Fsp3) is 0.103. The number of benzene rings is 2. The van der Waals surface area contributed by atoms with E-state index in [1.54, 1.807) is 19.1 Å². The van der Waals surface area contributed by atoms with Gasteiger partial charge in [-0.1, -0.05) is 12.1 Å². The molecule has 0 radical (unpaired) electrons. The number of sulfonamides is 1. The van der Waals surface area contributed by atoms with Crippen LogP contribution in [0.4, 0.5) is 25.8 Å². The summed E-state index contributed by atoms with van der Waals surface area (Å²) in [5.74, 6) is -1.88. The van der Waals surface area contributed by atoms with Gasteiger partial charge in [0.15, 0.2) is 16.6 Å². The fourth-order valence-electron chi connectivity index (χ4n) is 4.24. The summed E-state index contributed by atoms with van der Waals surface area (Å²) in [6, 6.07) is 10.9. The average molecular weight is 622 g/mol. The zero-order valence-electron chi connectivity index (χ0n) is 23.2. The highest BCUT2D eigenvalue weighted by molar-refractivity contribution is 7.92. The van der Waals surface area contributed by atoms with Gasteiger partial charge < -0.3 is 30.9 Å². The predicted molar refractivity (Wildman–Crippen MR) is 159 cm³/mol. The highest BCUT2D eigenvalue weighted by atomic mass is 32.2. The number of nitrogens with zero attached hydrogens (tertiary/aromatic N) is 2. The summed E-state index contributed by atoms with van der Waals surface area (Å²) in [6.07, 6.45) is 3.40. The number of hydrogen-bond donors (Lipinski definition) is 5. The Morgan fingerprint density at radius 1 is 1.14 bits per heavy atom. The second-order valence-corrected chi connectivity index (χ2v) is 11.2. The van der Waals surface area contributed by atoms with Crippen LogP contribution >= 0.6 is 0 Å². The van der Waals surface area contributed by atoms with E-state index >= 15 is 0 Å². The third kappa shape index (κ3) is 6.12. The number of allylic oxidation sites excluding steroid dienone is 1. The summed E-state index contributed by atoms with van der Waals surface area (Å²) in [5.41, 5.74) is 7.05. The number of carbonyl (C=O) groups excluding carboxylic acids is 1. The van der Waals surface area contributed by atoms with Crippen LogP contribution in [0, 0.1) is 24.0 Å². The maximum Gasteiger partial charge on any atom is 0.277 e. The van der Waals surface area contributed by atoms with Crippen LogP contribution in [0.25, 0.3) is 0 Å². The number of aromatic amines is 1. The third-order valence-corrected chi connectivity index (χ3v) is 7.83. The van der Waals surface area contributed by atoms with Crippen molar-refractivity contribution in [3.8, 4) is 17.4 Å². The molecule has 5 rings (SSSR count). The molecule has 0 unspecified atom stereocenters. The number of nitrogens with two attached hydrogens (primary N) is 1. The average Bonchev–Trinajstić information content (AvgIpc) is 3.64. The van der Waals surface area contributed by atoms with Crippen molar-refractivity contribution in [2.75, 3.05) is 17.1 Å². The molecule has 226 valence electrons. The lowest BCUT2D eigenvalue weighted by molar-refractivity contribution is -0.109. The number of H-pyrrole nitrogens is 1. The van der Waals surface area contributed by atoms with E-state index in [2.05, 4.69) is 25.0 Å². The van der Waals surface area contributed by atoms with Crippen LogP contribution in [0.3, 0.4) is 0 Å². The lowest BCUT2D eigenvalue weighted by atomic mass is 10.0. The van der Waals surface area contributed by atoms with E-state index in [4.69, 9.17) is 20.6 Å². The van der Waals surface area contributed by atoms with Crippen LogP contribution in [-0.2, 0) is 21.2 Å². The van der Waals surface area contributed by atoms with Crippen LogP contribution in [-0.4, -0.2) is 43.2 Å². The van der Waals surface area contributed by atoms with E-state index in [-0.39, 0.29) is 57.3 Å². The minimum atomic E-state index is -4.19. The Bertz CT molecular complexity index is 1970. The van der Waals surface area contributed by atoms with Crippen molar-refractivity contribution in [2.24, 2.45) is 10.7 Å². The number of fused-ring (bicyclic) bond motifs is 1. The molecule has 0 saturated heterocycles. The quantitative estimate of drug-likeness (QED) is 0.118. The zero-order chi connectivity index (χ0) is 31.6. The fourth-order valence-corrected chi connectivity index (χ4v) is 5.28. The van der Waals surface area contributed by atoms with Gasteiger partial charge in [-0.25, -0.2) is 18.8 Å². The number of ketones is 1. The summed E-state index contributed by atoms with van der Waals surface area (Å²) < 4.78 is 66.9. The van der Waals surface area contributed by atoms with Crippen LogP contribution in [0.5, 0.6) is 17.4 Å². The summed E-state index contributed by atoms with van der Waals surface area (Å²) in [5, 5.41) is 10.4. The van der Waals surface area contributed by atoms with Gasteiger partial charge in [-0.15, -0.1) is 0 Å². The number of aliphatic imine (C=N–C) groups is 1. The summed E-state index contributed by atoms with van der Waals surface area (Å²) in [4.78, 5) is 24.3. The number of pyridine rings is 1. The van der Waals surface area contributed by atoms with Crippen molar-refractivity contribution >= 4 is 44.8 Å². The molecule has 15 heteroatoms. The normalized spacial score (nSPS) is 13.0. The molecule has 1 aliphatic heterocycles. The Labute approximate surface area is 250 Å². The van der Waals surface area contributed by atoms with Crippen LogP contribution in [0.15, 0.2) is 82.3 Å². The first-order chi connectivity index (χ1) is 21.0. The minimum absolute atomic E-state index is 0.000122. The monoisotopic (exact) mass is 621 g/mol. The maximum absolute atomic E-state index is 14.9. The van der Waals surface area contributed by atoms with Gasteiger partial charge in [-0.05, 0) is 42.3 Å². The van der Waals surface area contributed by atoms with E-state index in [1.807, 2.05) is 0 Å². The van der Waals surface area contributed by atoms with Crippen molar-refractivity contribution in [1.29, 1.82) is 5.41 Å². The number of ether oxygens (including phenoxy) is 2. The Kier molecular flexibility index (Phi) is 8.13. The number of hydrogen-bond acceptors (Lipinski definition) is 10.